The van der Waals surface area contributed by atoms with Gasteiger partial charge in [-0.15, -0.1) is 0 Å². The van der Waals surface area contributed by atoms with Gasteiger partial charge >= 0.3 is 0 Å². The molecular weight excluding hydrogens is 434 g/mol. The molecule has 174 valence electrons. The first-order valence-corrected chi connectivity index (χ1v) is 10.8. The van der Waals surface area contributed by atoms with Crippen molar-refractivity contribution in [2.45, 2.75) is 12.8 Å². The first kappa shape index (κ1) is 22.8. The van der Waals surface area contributed by atoms with E-state index < -0.39 is 0 Å². The number of carbonyl (C=O) groups excluding carboxylic acids is 3. The minimum absolute atomic E-state index is 0.0912. The molecule has 3 aromatic carbocycles. The first-order valence-electron chi connectivity index (χ1n) is 10.8. The number of benzene rings is 3. The van der Waals surface area contributed by atoms with E-state index in [4.69, 9.17) is 9.47 Å². The van der Waals surface area contributed by atoms with Gasteiger partial charge in [-0.25, -0.2) is 0 Å². The molecule has 3 amide bonds. The molecule has 1 saturated heterocycles. The van der Waals surface area contributed by atoms with Gasteiger partial charge in [0.1, 0.15) is 11.5 Å². The molecular formula is C26H25N3O5. The standard InChI is InChI=1S/C26H25N3O5/c1-33-22-16-21(23(34-2)15-20(22)27-25(31)17-7-4-3-5-8-17)28-26(32)18-10-12-19(13-11-18)29-14-6-9-24(29)30/h3-5,7-8,10-13,15-16H,6,9,14H2,1-2H3,(H,27,31)(H,28,32). The number of nitrogens with one attached hydrogen (secondary N) is 2. The summed E-state index contributed by atoms with van der Waals surface area (Å²) in [6.45, 7) is 0.689. The molecule has 0 bridgehead atoms. The van der Waals surface area contributed by atoms with Gasteiger partial charge in [-0.2, -0.15) is 0 Å². The number of carbonyl (C=O) groups is 3. The smallest absolute Gasteiger partial charge is 0.255 e. The molecule has 1 aliphatic heterocycles. The van der Waals surface area contributed by atoms with E-state index in [2.05, 4.69) is 10.6 Å². The second-order valence-electron chi connectivity index (χ2n) is 7.72. The zero-order valence-electron chi connectivity index (χ0n) is 19.0. The number of methoxy groups -OCH3 is 2. The van der Waals surface area contributed by atoms with Gasteiger partial charge in [-0.3, -0.25) is 14.4 Å². The van der Waals surface area contributed by atoms with Crippen LogP contribution in [-0.2, 0) is 4.79 Å². The molecule has 4 rings (SSSR count). The average molecular weight is 460 g/mol. The number of ether oxygens (including phenoxy) is 2. The summed E-state index contributed by atoms with van der Waals surface area (Å²) >= 11 is 0. The Morgan fingerprint density at radius 1 is 0.794 bits per heavy atom. The van der Waals surface area contributed by atoms with E-state index in [1.54, 1.807) is 65.6 Å². The van der Waals surface area contributed by atoms with Crippen LogP contribution < -0.4 is 25.0 Å². The second-order valence-corrected chi connectivity index (χ2v) is 7.72. The minimum atomic E-state index is -0.347. The Morgan fingerprint density at radius 3 is 1.79 bits per heavy atom. The van der Waals surface area contributed by atoms with Crippen molar-refractivity contribution in [3.05, 3.63) is 77.9 Å². The number of rotatable bonds is 7. The fourth-order valence-corrected chi connectivity index (χ4v) is 3.79. The Hall–Kier alpha value is -4.33. The predicted octanol–water partition coefficient (Wildman–Crippen LogP) is 4.34. The molecule has 2 N–H and O–H groups in total. The summed E-state index contributed by atoms with van der Waals surface area (Å²) in [5.74, 6) is 0.170. The van der Waals surface area contributed by atoms with Crippen LogP contribution in [-0.4, -0.2) is 38.5 Å². The summed E-state index contributed by atoms with van der Waals surface area (Å²) in [5.41, 5.74) is 2.50. The lowest BCUT2D eigenvalue weighted by Crippen LogP contribution is -2.23. The van der Waals surface area contributed by atoms with Gasteiger partial charge in [0.2, 0.25) is 5.91 Å². The molecule has 1 heterocycles. The lowest BCUT2D eigenvalue weighted by molar-refractivity contribution is -0.117. The van der Waals surface area contributed by atoms with E-state index in [0.29, 0.717) is 47.0 Å². The fourth-order valence-electron chi connectivity index (χ4n) is 3.79. The quantitative estimate of drug-likeness (QED) is 0.548. The predicted molar refractivity (Wildman–Crippen MR) is 130 cm³/mol. The Morgan fingerprint density at radius 2 is 1.32 bits per heavy atom. The van der Waals surface area contributed by atoms with Crippen molar-refractivity contribution in [2.24, 2.45) is 0 Å². The monoisotopic (exact) mass is 459 g/mol. The lowest BCUT2D eigenvalue weighted by Gasteiger charge is -2.17. The van der Waals surface area contributed by atoms with E-state index in [-0.39, 0.29) is 17.7 Å². The summed E-state index contributed by atoms with van der Waals surface area (Å²) in [4.78, 5) is 39.1. The Kier molecular flexibility index (Phi) is 6.77. The third-order valence-corrected chi connectivity index (χ3v) is 5.57. The van der Waals surface area contributed by atoms with Gasteiger partial charge in [0, 0.05) is 41.9 Å². The summed E-state index contributed by atoms with van der Waals surface area (Å²) in [7, 11) is 2.95. The molecule has 3 aromatic rings. The molecule has 0 unspecified atom stereocenters. The van der Waals surface area contributed by atoms with E-state index in [1.807, 2.05) is 6.07 Å². The lowest BCUT2D eigenvalue weighted by atomic mass is 10.1. The topological polar surface area (TPSA) is 97.0 Å². The van der Waals surface area contributed by atoms with Crippen LogP contribution in [0.2, 0.25) is 0 Å². The maximum Gasteiger partial charge on any atom is 0.255 e. The zero-order valence-corrected chi connectivity index (χ0v) is 19.0. The fraction of sp³-hybridized carbons (Fsp3) is 0.192. The van der Waals surface area contributed by atoms with Crippen LogP contribution >= 0.6 is 0 Å². The van der Waals surface area contributed by atoms with Gasteiger partial charge in [0.15, 0.2) is 0 Å². The Labute approximate surface area is 197 Å². The highest BCUT2D eigenvalue weighted by Crippen LogP contribution is 2.37. The number of hydrogen-bond donors (Lipinski definition) is 2. The number of anilines is 3. The van der Waals surface area contributed by atoms with Crippen molar-refractivity contribution in [3.63, 3.8) is 0 Å². The summed E-state index contributed by atoms with van der Waals surface area (Å²) in [6.07, 6.45) is 1.39. The Bertz CT molecular complexity index is 1210. The molecule has 0 atom stereocenters. The third-order valence-electron chi connectivity index (χ3n) is 5.57. The van der Waals surface area contributed by atoms with Crippen molar-refractivity contribution in [2.75, 3.05) is 36.3 Å². The van der Waals surface area contributed by atoms with Gasteiger partial charge in [0.25, 0.3) is 11.8 Å². The van der Waals surface area contributed by atoms with Crippen molar-refractivity contribution >= 4 is 34.8 Å². The Balaban J connectivity index is 1.52. The highest BCUT2D eigenvalue weighted by Gasteiger charge is 2.22. The van der Waals surface area contributed by atoms with Crippen LogP contribution in [0.5, 0.6) is 11.5 Å². The third kappa shape index (κ3) is 4.85. The number of hydrogen-bond acceptors (Lipinski definition) is 5. The summed E-state index contributed by atoms with van der Waals surface area (Å²) < 4.78 is 10.9. The van der Waals surface area contributed by atoms with E-state index in [1.165, 1.54) is 14.2 Å². The van der Waals surface area contributed by atoms with Crippen LogP contribution in [0.3, 0.4) is 0 Å². The van der Waals surface area contributed by atoms with Crippen LogP contribution in [0.1, 0.15) is 33.6 Å². The average Bonchev–Trinajstić information content (AvgIpc) is 3.30. The van der Waals surface area contributed by atoms with E-state index in [9.17, 15) is 14.4 Å². The largest absolute Gasteiger partial charge is 0.494 e. The first-order chi connectivity index (χ1) is 16.5. The molecule has 0 saturated carbocycles. The van der Waals surface area contributed by atoms with Gasteiger partial charge in [-0.05, 0) is 42.8 Å². The van der Waals surface area contributed by atoms with Crippen LogP contribution in [0.25, 0.3) is 0 Å². The molecule has 0 aromatic heterocycles. The van der Waals surface area contributed by atoms with Crippen molar-refractivity contribution in [1.29, 1.82) is 0 Å². The van der Waals surface area contributed by atoms with Crippen molar-refractivity contribution in [1.82, 2.24) is 0 Å². The van der Waals surface area contributed by atoms with Crippen LogP contribution in [0, 0.1) is 0 Å². The van der Waals surface area contributed by atoms with Gasteiger partial charge < -0.3 is 25.0 Å². The molecule has 0 spiro atoms. The molecule has 8 heteroatoms. The molecule has 34 heavy (non-hydrogen) atoms. The second kappa shape index (κ2) is 10.1. The summed E-state index contributed by atoms with van der Waals surface area (Å²) in [5, 5.41) is 5.64. The SMILES string of the molecule is COc1cc(NC(=O)c2ccc(N3CCCC3=O)cc2)c(OC)cc1NC(=O)c1ccccc1. The highest BCUT2D eigenvalue weighted by molar-refractivity contribution is 6.07. The number of nitrogens with zero attached hydrogens (tertiary/aromatic N) is 1. The maximum absolute atomic E-state index is 12.9. The summed E-state index contributed by atoms with van der Waals surface area (Å²) in [6, 6.07) is 18.9. The highest BCUT2D eigenvalue weighted by atomic mass is 16.5. The molecule has 1 aliphatic rings. The van der Waals surface area contributed by atoms with E-state index >= 15 is 0 Å². The zero-order chi connectivity index (χ0) is 24.1. The van der Waals surface area contributed by atoms with E-state index in [0.717, 1.165) is 12.1 Å². The molecule has 0 radical (unpaired) electrons. The van der Waals surface area contributed by atoms with Crippen LogP contribution in [0.4, 0.5) is 17.1 Å². The van der Waals surface area contributed by atoms with Crippen LogP contribution in [0.15, 0.2) is 66.7 Å². The van der Waals surface area contributed by atoms with Gasteiger partial charge in [-0.1, -0.05) is 18.2 Å². The minimum Gasteiger partial charge on any atom is -0.494 e. The van der Waals surface area contributed by atoms with Crippen molar-refractivity contribution in [3.8, 4) is 11.5 Å². The number of amides is 3. The molecule has 1 fully saturated rings. The molecule has 0 aliphatic carbocycles. The normalized spacial score (nSPS) is 12.9. The maximum atomic E-state index is 12.9. The van der Waals surface area contributed by atoms with Gasteiger partial charge in [0.05, 0.1) is 25.6 Å². The molecule has 8 nitrogen and oxygen atoms in total. The van der Waals surface area contributed by atoms with Crippen molar-refractivity contribution < 1.29 is 23.9 Å².